The summed E-state index contributed by atoms with van der Waals surface area (Å²) in [4.78, 5) is 0. The highest BCUT2D eigenvalue weighted by atomic mass is 32.2. The fourth-order valence-corrected chi connectivity index (χ4v) is 12.1. The van der Waals surface area contributed by atoms with Crippen molar-refractivity contribution >= 4 is 18.2 Å². The molecule has 0 aromatic carbocycles. The minimum Gasteiger partial charge on any atom is -0.414 e. The second kappa shape index (κ2) is 13.1. The molecule has 2 fully saturated rings. The minimum atomic E-state index is -3.34. The van der Waals surface area contributed by atoms with E-state index in [1.807, 2.05) is 0 Å². The maximum absolute atomic E-state index is 13.9. The average molecular weight is 623 g/mol. The summed E-state index contributed by atoms with van der Waals surface area (Å²) in [5.41, 5.74) is 3.74. The molecule has 5 nitrogen and oxygen atoms in total. The molecule has 4 rings (SSSR count). The molecule has 1 heterocycles. The lowest BCUT2D eigenvalue weighted by Crippen LogP contribution is -2.46. The molecule has 7 heteroatoms. The van der Waals surface area contributed by atoms with Crippen LogP contribution in [0.15, 0.2) is 22.8 Å². The summed E-state index contributed by atoms with van der Waals surface area (Å²) >= 11 is 0. The topological polar surface area (TPSA) is 61.8 Å². The molecule has 1 aliphatic heterocycles. The predicted molar refractivity (Wildman–Crippen MR) is 177 cm³/mol. The van der Waals surface area contributed by atoms with Crippen molar-refractivity contribution in [1.82, 2.24) is 0 Å². The van der Waals surface area contributed by atoms with Crippen LogP contribution in [0.2, 0.25) is 18.1 Å². The Morgan fingerprint density at radius 2 is 1.81 bits per heavy atom. The van der Waals surface area contributed by atoms with Gasteiger partial charge < -0.3 is 13.9 Å². The molecule has 0 amide bonds. The lowest BCUT2D eigenvalue weighted by Gasteiger charge is -2.45. The van der Waals surface area contributed by atoms with E-state index in [2.05, 4.69) is 67.6 Å². The fraction of sp³-hybridized carbons (Fsp3) is 0.886. The van der Waals surface area contributed by atoms with Gasteiger partial charge in [-0.3, -0.25) is 0 Å². The summed E-state index contributed by atoms with van der Waals surface area (Å²) in [5.74, 6) is 2.85. The van der Waals surface area contributed by atoms with Gasteiger partial charge in [-0.15, -0.1) is 0 Å². The first kappa shape index (κ1) is 34.4. The molecule has 0 bridgehead atoms. The van der Waals surface area contributed by atoms with Crippen molar-refractivity contribution in [1.29, 1.82) is 0 Å². The lowest BCUT2D eigenvalue weighted by molar-refractivity contribution is -0.0730. The second-order valence-electron chi connectivity index (χ2n) is 16.4. The van der Waals surface area contributed by atoms with Crippen LogP contribution in [0.5, 0.6) is 0 Å². The number of fused-ring (bicyclic) bond motifs is 1. The summed E-state index contributed by atoms with van der Waals surface area (Å²) in [5, 5.41) is -0.447. The molecule has 0 unspecified atom stereocenters. The summed E-state index contributed by atoms with van der Waals surface area (Å²) in [6, 6.07) is 0. The molecule has 4 aliphatic rings. The van der Waals surface area contributed by atoms with E-state index < -0.39 is 23.4 Å². The van der Waals surface area contributed by atoms with E-state index in [9.17, 15) is 8.42 Å². The SMILES string of the molecule is COCO[C@H]1C[C@H](O[Si](C)(C)C(C)(C)C)CC2=C1CS(=O)(=O)[C@H]2/C=C1\CCC[C@]2(C)[C@@H]([C@H](C)CCCC(C)C)CC[C@@H]12. The molecule has 0 N–H and O–H groups in total. The Bertz CT molecular complexity index is 1120. The largest absolute Gasteiger partial charge is 0.414 e. The third-order valence-electron chi connectivity index (χ3n) is 12.0. The third kappa shape index (κ3) is 7.16. The van der Waals surface area contributed by atoms with Crippen LogP contribution in [0, 0.1) is 29.1 Å². The zero-order valence-corrected chi connectivity index (χ0v) is 30.4. The lowest BCUT2D eigenvalue weighted by atomic mass is 9.60. The Labute approximate surface area is 259 Å². The van der Waals surface area contributed by atoms with Crippen molar-refractivity contribution in [2.24, 2.45) is 29.1 Å². The number of hydrogen-bond acceptors (Lipinski definition) is 5. The van der Waals surface area contributed by atoms with Gasteiger partial charge in [0.05, 0.1) is 18.0 Å². The van der Waals surface area contributed by atoms with Crippen LogP contribution in [-0.4, -0.2) is 53.8 Å². The van der Waals surface area contributed by atoms with Crippen LogP contribution < -0.4 is 0 Å². The molecule has 2 saturated carbocycles. The molecular formula is C35H62O5SSi. The second-order valence-corrected chi connectivity index (χ2v) is 23.3. The van der Waals surface area contributed by atoms with Crippen molar-refractivity contribution < 1.29 is 22.3 Å². The Balaban J connectivity index is 1.61. The van der Waals surface area contributed by atoms with Gasteiger partial charge in [-0.1, -0.05) is 79.4 Å². The van der Waals surface area contributed by atoms with Crippen LogP contribution in [0.4, 0.5) is 0 Å². The highest BCUT2D eigenvalue weighted by Gasteiger charge is 2.52. The number of ether oxygens (including phenoxy) is 2. The highest BCUT2D eigenvalue weighted by Crippen LogP contribution is 2.60. The van der Waals surface area contributed by atoms with Crippen LogP contribution in [0.3, 0.4) is 0 Å². The molecule has 42 heavy (non-hydrogen) atoms. The summed E-state index contributed by atoms with van der Waals surface area (Å²) in [6.07, 6.45) is 13.2. The van der Waals surface area contributed by atoms with E-state index in [0.29, 0.717) is 18.8 Å². The van der Waals surface area contributed by atoms with Gasteiger partial charge in [0.15, 0.2) is 18.2 Å². The van der Waals surface area contributed by atoms with Crippen molar-refractivity contribution in [2.45, 2.75) is 148 Å². The maximum Gasteiger partial charge on any atom is 0.192 e. The number of methoxy groups -OCH3 is 1. The Morgan fingerprint density at radius 3 is 2.45 bits per heavy atom. The fourth-order valence-electron chi connectivity index (χ4n) is 8.72. The monoisotopic (exact) mass is 622 g/mol. The first-order valence-electron chi connectivity index (χ1n) is 16.9. The third-order valence-corrected chi connectivity index (χ3v) is 18.4. The first-order chi connectivity index (χ1) is 19.5. The highest BCUT2D eigenvalue weighted by molar-refractivity contribution is 7.92. The van der Waals surface area contributed by atoms with Crippen LogP contribution in [-0.2, 0) is 23.7 Å². The molecule has 7 atom stereocenters. The number of hydrogen-bond donors (Lipinski definition) is 0. The molecule has 0 aromatic heterocycles. The first-order valence-corrected chi connectivity index (χ1v) is 21.5. The van der Waals surface area contributed by atoms with E-state index in [-0.39, 0.29) is 35.2 Å². The van der Waals surface area contributed by atoms with Crippen LogP contribution >= 0.6 is 0 Å². The summed E-state index contributed by atoms with van der Waals surface area (Å²) < 4.78 is 46.1. The maximum atomic E-state index is 13.9. The zero-order valence-electron chi connectivity index (χ0n) is 28.6. The summed E-state index contributed by atoms with van der Waals surface area (Å²) in [6.45, 7) is 21.2. The Morgan fingerprint density at radius 1 is 1.10 bits per heavy atom. The van der Waals surface area contributed by atoms with Gasteiger partial charge >= 0.3 is 0 Å². The zero-order chi connectivity index (χ0) is 31.1. The molecule has 0 spiro atoms. The van der Waals surface area contributed by atoms with Gasteiger partial charge in [0, 0.05) is 13.5 Å². The quantitative estimate of drug-likeness (QED) is 0.131. The van der Waals surface area contributed by atoms with Gasteiger partial charge in [0.25, 0.3) is 0 Å². The molecule has 3 aliphatic carbocycles. The molecule has 0 radical (unpaired) electrons. The molecule has 0 saturated heterocycles. The number of allylic oxidation sites excluding steroid dienone is 1. The van der Waals surface area contributed by atoms with Crippen LogP contribution in [0.25, 0.3) is 0 Å². The van der Waals surface area contributed by atoms with Gasteiger partial charge in [0.1, 0.15) is 12.0 Å². The van der Waals surface area contributed by atoms with E-state index in [0.717, 1.165) is 35.3 Å². The van der Waals surface area contributed by atoms with Gasteiger partial charge in [-0.25, -0.2) is 8.42 Å². The van der Waals surface area contributed by atoms with Crippen molar-refractivity contribution in [3.63, 3.8) is 0 Å². The van der Waals surface area contributed by atoms with Gasteiger partial charge in [0.2, 0.25) is 0 Å². The van der Waals surface area contributed by atoms with Crippen molar-refractivity contribution in [3.05, 3.63) is 22.8 Å². The van der Waals surface area contributed by atoms with Crippen molar-refractivity contribution in [2.75, 3.05) is 19.7 Å². The minimum absolute atomic E-state index is 0.0279. The van der Waals surface area contributed by atoms with E-state index in [1.165, 1.54) is 50.5 Å². The Hall–Kier alpha value is -0.473. The average Bonchev–Trinajstić information content (AvgIpc) is 3.35. The Kier molecular flexibility index (Phi) is 10.7. The number of sulfone groups is 1. The smallest absolute Gasteiger partial charge is 0.192 e. The molecule has 242 valence electrons. The van der Waals surface area contributed by atoms with Crippen molar-refractivity contribution in [3.8, 4) is 0 Å². The molecule has 0 aromatic rings. The van der Waals surface area contributed by atoms with Crippen LogP contribution in [0.1, 0.15) is 113 Å². The van der Waals surface area contributed by atoms with E-state index in [4.69, 9.17) is 13.9 Å². The summed E-state index contributed by atoms with van der Waals surface area (Å²) in [7, 11) is -3.74. The standard InChI is InChI=1S/C35H62O5SSi/c1-24(2)13-11-14-25(3)30-16-17-31-26(15-12-18-35(30,31)7)19-33-28-20-27(40-42(9,10)34(4,5)6)21-32(39-23-38-8)29(28)22-41(33,36)37/h19,24-25,27,30-33H,11-18,20-23H2,1-10H3/b26-19+/t25-,27-,30-,31+,32+,33+,35-/m1/s1. The predicted octanol–water partition coefficient (Wildman–Crippen LogP) is 8.86. The molecular weight excluding hydrogens is 561 g/mol. The number of rotatable bonds is 11. The van der Waals surface area contributed by atoms with Gasteiger partial charge in [-0.05, 0) is 96.9 Å². The normalized spacial score (nSPS) is 35.1. The van der Waals surface area contributed by atoms with Gasteiger partial charge in [-0.2, -0.15) is 0 Å². The van der Waals surface area contributed by atoms with E-state index >= 15 is 0 Å². The van der Waals surface area contributed by atoms with E-state index in [1.54, 1.807) is 7.11 Å².